The molecule has 9 heteroatoms. The van der Waals surface area contributed by atoms with Crippen molar-refractivity contribution >= 4 is 23.2 Å². The number of carbonyl (C=O) groups is 1. The Hall–Kier alpha value is -4.04. The van der Waals surface area contributed by atoms with E-state index in [1.165, 1.54) is 23.9 Å². The Bertz CT molecular complexity index is 1480. The lowest BCUT2D eigenvalue weighted by Crippen LogP contribution is -2.32. The van der Waals surface area contributed by atoms with Crippen LogP contribution < -0.4 is 21.4 Å². The fourth-order valence-electron chi connectivity index (χ4n) is 3.91. The van der Waals surface area contributed by atoms with Crippen LogP contribution in [0.2, 0.25) is 5.02 Å². The van der Waals surface area contributed by atoms with Crippen molar-refractivity contribution < 1.29 is 13.9 Å². The summed E-state index contributed by atoms with van der Waals surface area (Å²) in [4.78, 5) is 39.9. The van der Waals surface area contributed by atoms with Gasteiger partial charge in [-0.15, -0.1) is 0 Å². The summed E-state index contributed by atoms with van der Waals surface area (Å²) in [6.07, 6.45) is 3.41. The van der Waals surface area contributed by atoms with Gasteiger partial charge in [-0.05, 0) is 60.9 Å². The summed E-state index contributed by atoms with van der Waals surface area (Å²) in [5.74, 6) is -0.0311. The van der Waals surface area contributed by atoms with E-state index in [2.05, 4.69) is 10.3 Å². The molecular formula is C26H24ClN3O5. The maximum Gasteiger partial charge on any atom is 0.416 e. The van der Waals surface area contributed by atoms with Crippen LogP contribution in [0.25, 0.3) is 22.5 Å². The average Bonchev–Trinajstić information content (AvgIpc) is 3.28. The number of anilines is 1. The Morgan fingerprint density at radius 3 is 2.51 bits per heavy atom. The minimum Gasteiger partial charge on any atom is -0.495 e. The Kier molecular flexibility index (Phi) is 6.93. The van der Waals surface area contributed by atoms with Crippen LogP contribution in [-0.2, 0) is 4.79 Å². The summed E-state index contributed by atoms with van der Waals surface area (Å²) >= 11 is 6.17. The van der Waals surface area contributed by atoms with Crippen LogP contribution in [0.15, 0.2) is 74.9 Å². The fraction of sp³-hybridized carbons (Fsp3) is 0.192. The van der Waals surface area contributed by atoms with Gasteiger partial charge in [0.1, 0.15) is 11.8 Å². The molecule has 2 aromatic heterocycles. The fourth-order valence-corrected chi connectivity index (χ4v) is 4.08. The summed E-state index contributed by atoms with van der Waals surface area (Å²) in [5.41, 5.74) is 3.23. The van der Waals surface area contributed by atoms with Gasteiger partial charge in [-0.1, -0.05) is 24.6 Å². The van der Waals surface area contributed by atoms with Crippen LogP contribution in [0.3, 0.4) is 0 Å². The molecule has 8 nitrogen and oxygen atoms in total. The van der Waals surface area contributed by atoms with Crippen molar-refractivity contribution in [1.29, 1.82) is 0 Å². The van der Waals surface area contributed by atoms with Gasteiger partial charge in [0.05, 0.1) is 19.5 Å². The zero-order valence-electron chi connectivity index (χ0n) is 19.4. The first-order chi connectivity index (χ1) is 16.8. The van der Waals surface area contributed by atoms with Crippen molar-refractivity contribution in [3.05, 3.63) is 92.4 Å². The number of pyridine rings is 1. The van der Waals surface area contributed by atoms with Gasteiger partial charge >= 0.3 is 5.76 Å². The zero-order chi connectivity index (χ0) is 25.1. The number of nitrogens with one attached hydrogen (secondary N) is 2. The van der Waals surface area contributed by atoms with Crippen LogP contribution in [0.5, 0.6) is 5.75 Å². The minimum atomic E-state index is -0.756. The van der Waals surface area contributed by atoms with Gasteiger partial charge in [0.25, 0.3) is 5.56 Å². The number of halogens is 1. The molecule has 0 saturated heterocycles. The number of amides is 1. The first-order valence-corrected chi connectivity index (χ1v) is 11.3. The summed E-state index contributed by atoms with van der Waals surface area (Å²) in [6, 6.07) is 13.0. The standard InChI is InChI=1S/C26H24ClN3O5/c1-4-21(25(32)29-18-9-6-16(7-10-18)22-13-28-26(33)35-22)30-14-23(34-3)20(12-24(30)31)19-11-17(27)8-5-15(19)2/h5-14,21H,4H2,1-3H3,(H,28,33)(H,29,32). The molecule has 1 atom stereocenters. The number of benzene rings is 2. The molecule has 0 saturated carbocycles. The molecule has 4 rings (SSSR count). The van der Waals surface area contributed by atoms with Crippen LogP contribution in [0.4, 0.5) is 5.69 Å². The Morgan fingerprint density at radius 2 is 1.89 bits per heavy atom. The highest BCUT2D eigenvalue weighted by molar-refractivity contribution is 6.30. The van der Waals surface area contributed by atoms with Crippen molar-refractivity contribution in [2.75, 3.05) is 12.4 Å². The molecule has 1 amide bonds. The van der Waals surface area contributed by atoms with Crippen LogP contribution >= 0.6 is 11.6 Å². The quantitative estimate of drug-likeness (QED) is 0.376. The molecule has 0 aliphatic carbocycles. The SMILES string of the molecule is CCC(C(=O)Nc1ccc(-c2c[nH]c(=O)o2)cc1)n1cc(OC)c(-c2cc(Cl)ccc2C)cc1=O. The number of hydrogen-bond donors (Lipinski definition) is 2. The second-order valence-electron chi connectivity index (χ2n) is 7.99. The molecule has 35 heavy (non-hydrogen) atoms. The Labute approximate surface area is 206 Å². The van der Waals surface area contributed by atoms with Gasteiger partial charge in [0.2, 0.25) is 5.91 Å². The largest absolute Gasteiger partial charge is 0.495 e. The number of methoxy groups -OCH3 is 1. The molecule has 0 radical (unpaired) electrons. The van der Waals surface area contributed by atoms with Gasteiger partial charge in [0, 0.05) is 27.9 Å². The van der Waals surface area contributed by atoms with E-state index in [1.807, 2.05) is 19.9 Å². The van der Waals surface area contributed by atoms with Gasteiger partial charge in [0.15, 0.2) is 5.76 Å². The number of H-pyrrole nitrogens is 1. The first-order valence-electron chi connectivity index (χ1n) is 11.0. The Morgan fingerprint density at radius 1 is 1.14 bits per heavy atom. The third kappa shape index (κ3) is 5.07. The predicted octanol–water partition coefficient (Wildman–Crippen LogP) is 5.02. The van der Waals surface area contributed by atoms with E-state index in [0.717, 1.165) is 11.1 Å². The maximum atomic E-state index is 13.1. The second kappa shape index (κ2) is 10.1. The topological polar surface area (TPSA) is 106 Å². The summed E-state index contributed by atoms with van der Waals surface area (Å²) in [6.45, 7) is 3.75. The summed E-state index contributed by atoms with van der Waals surface area (Å²) in [7, 11) is 1.52. The highest BCUT2D eigenvalue weighted by atomic mass is 35.5. The molecule has 2 N–H and O–H groups in total. The lowest BCUT2D eigenvalue weighted by molar-refractivity contribution is -0.119. The number of rotatable bonds is 7. The molecule has 0 aliphatic rings. The number of nitrogens with zero attached hydrogens (tertiary/aromatic N) is 1. The first kappa shape index (κ1) is 24.1. The lowest BCUT2D eigenvalue weighted by Gasteiger charge is -2.20. The van der Waals surface area contributed by atoms with Crippen molar-refractivity contribution in [1.82, 2.24) is 9.55 Å². The van der Waals surface area contributed by atoms with E-state index < -0.39 is 11.8 Å². The van der Waals surface area contributed by atoms with Crippen LogP contribution in [-0.4, -0.2) is 22.6 Å². The third-order valence-corrected chi connectivity index (χ3v) is 5.97. The van der Waals surface area contributed by atoms with Crippen LogP contribution in [0.1, 0.15) is 24.9 Å². The molecule has 2 heterocycles. The van der Waals surface area contributed by atoms with Gasteiger partial charge < -0.3 is 14.5 Å². The number of oxazole rings is 1. The van der Waals surface area contributed by atoms with Crippen molar-refractivity contribution in [3.8, 4) is 28.2 Å². The number of carbonyl (C=O) groups excluding carboxylic acids is 1. The summed E-state index contributed by atoms with van der Waals surface area (Å²) < 4.78 is 12.0. The monoisotopic (exact) mass is 493 g/mol. The van der Waals surface area contributed by atoms with Crippen molar-refractivity contribution in [3.63, 3.8) is 0 Å². The van der Waals surface area contributed by atoms with Gasteiger partial charge in [-0.25, -0.2) is 4.79 Å². The van der Waals surface area contributed by atoms with E-state index in [0.29, 0.717) is 39.8 Å². The van der Waals surface area contributed by atoms with E-state index in [4.69, 9.17) is 20.8 Å². The van der Waals surface area contributed by atoms with E-state index >= 15 is 0 Å². The molecule has 0 spiro atoms. The van der Waals surface area contributed by atoms with Crippen molar-refractivity contribution in [2.45, 2.75) is 26.3 Å². The molecular weight excluding hydrogens is 470 g/mol. The predicted molar refractivity (Wildman–Crippen MR) is 135 cm³/mol. The minimum absolute atomic E-state index is 0.333. The number of hydrogen-bond acceptors (Lipinski definition) is 5. The summed E-state index contributed by atoms with van der Waals surface area (Å²) in [5, 5.41) is 3.39. The number of aromatic amines is 1. The van der Waals surface area contributed by atoms with E-state index in [-0.39, 0.29) is 11.5 Å². The molecule has 2 aromatic carbocycles. The molecule has 0 fully saturated rings. The van der Waals surface area contributed by atoms with Gasteiger partial charge in [-0.2, -0.15) is 0 Å². The maximum absolute atomic E-state index is 13.1. The lowest BCUT2D eigenvalue weighted by atomic mass is 10.0. The van der Waals surface area contributed by atoms with Gasteiger partial charge in [-0.3, -0.25) is 19.1 Å². The molecule has 1 unspecified atom stereocenters. The smallest absolute Gasteiger partial charge is 0.416 e. The molecule has 0 bridgehead atoms. The molecule has 0 aliphatic heterocycles. The molecule has 180 valence electrons. The number of ether oxygens (including phenoxy) is 1. The number of aromatic nitrogens is 2. The highest BCUT2D eigenvalue weighted by Gasteiger charge is 2.22. The Balaban J connectivity index is 1.61. The molecule has 4 aromatic rings. The van der Waals surface area contributed by atoms with Crippen LogP contribution in [0, 0.1) is 6.92 Å². The van der Waals surface area contributed by atoms with Crippen molar-refractivity contribution in [2.24, 2.45) is 0 Å². The normalized spacial score (nSPS) is 11.8. The van der Waals surface area contributed by atoms with E-state index in [9.17, 15) is 14.4 Å². The third-order valence-electron chi connectivity index (χ3n) is 5.74. The number of aryl methyl sites for hydroxylation is 1. The average molecular weight is 494 g/mol. The zero-order valence-corrected chi connectivity index (χ0v) is 20.2. The highest BCUT2D eigenvalue weighted by Crippen LogP contribution is 2.33. The second-order valence-corrected chi connectivity index (χ2v) is 8.43. The van der Waals surface area contributed by atoms with E-state index in [1.54, 1.807) is 42.6 Å².